The Morgan fingerprint density at radius 1 is 1.03 bits per heavy atom. The standard InChI is InChI=1S/C25H36N4O2/c1-25(2,3)24-26-22(27-31-24)18-28-16-13-19(14-17-28)21-12-8-5-9-15-29(21)23(30)20-10-6-4-7-11-20/h4,6-7,10-11,19,21H,5,8-9,12-18H2,1-3H3/t21-/m1/s1. The molecular formula is C25H36N4O2. The predicted octanol–water partition coefficient (Wildman–Crippen LogP) is 4.66. The number of amides is 1. The third kappa shape index (κ3) is 5.35. The van der Waals surface area contributed by atoms with Crippen LogP contribution in [0.15, 0.2) is 34.9 Å². The van der Waals surface area contributed by atoms with Gasteiger partial charge in [-0.25, -0.2) is 0 Å². The molecule has 4 rings (SSSR count). The molecule has 1 atom stereocenters. The molecule has 6 heteroatoms. The Balaban J connectivity index is 1.38. The first-order valence-electron chi connectivity index (χ1n) is 11.8. The smallest absolute Gasteiger partial charge is 0.254 e. The van der Waals surface area contributed by atoms with Crippen molar-refractivity contribution >= 4 is 5.91 Å². The summed E-state index contributed by atoms with van der Waals surface area (Å²) >= 11 is 0. The minimum Gasteiger partial charge on any atom is -0.339 e. The highest BCUT2D eigenvalue weighted by Crippen LogP contribution is 2.31. The van der Waals surface area contributed by atoms with Gasteiger partial charge in [0, 0.05) is 23.6 Å². The Labute approximate surface area is 186 Å². The molecule has 6 nitrogen and oxygen atoms in total. The molecule has 2 fully saturated rings. The van der Waals surface area contributed by atoms with E-state index >= 15 is 0 Å². The molecule has 0 N–H and O–H groups in total. The van der Waals surface area contributed by atoms with Crippen LogP contribution in [0.3, 0.4) is 0 Å². The van der Waals surface area contributed by atoms with Crippen molar-refractivity contribution in [1.82, 2.24) is 19.9 Å². The van der Waals surface area contributed by atoms with Gasteiger partial charge in [0.15, 0.2) is 5.82 Å². The van der Waals surface area contributed by atoms with Crippen LogP contribution in [0.2, 0.25) is 0 Å². The molecule has 168 valence electrons. The average molecular weight is 425 g/mol. The van der Waals surface area contributed by atoms with Crippen LogP contribution in [0.5, 0.6) is 0 Å². The number of carbonyl (C=O) groups is 1. The van der Waals surface area contributed by atoms with Gasteiger partial charge < -0.3 is 9.42 Å². The summed E-state index contributed by atoms with van der Waals surface area (Å²) in [5.74, 6) is 2.25. The minimum atomic E-state index is -0.119. The lowest BCUT2D eigenvalue weighted by atomic mass is 9.86. The second-order valence-corrected chi connectivity index (χ2v) is 10.2. The molecule has 0 unspecified atom stereocenters. The zero-order valence-electron chi connectivity index (χ0n) is 19.2. The highest BCUT2D eigenvalue weighted by molar-refractivity contribution is 5.94. The van der Waals surface area contributed by atoms with Gasteiger partial charge in [0.25, 0.3) is 5.91 Å². The largest absolute Gasteiger partial charge is 0.339 e. The summed E-state index contributed by atoms with van der Waals surface area (Å²) in [4.78, 5) is 22.5. The second-order valence-electron chi connectivity index (χ2n) is 10.2. The van der Waals surface area contributed by atoms with E-state index in [9.17, 15) is 4.79 Å². The Hall–Kier alpha value is -2.21. The van der Waals surface area contributed by atoms with Crippen molar-refractivity contribution in [3.8, 4) is 0 Å². The van der Waals surface area contributed by atoms with Crippen LogP contribution in [0.4, 0.5) is 0 Å². The number of rotatable bonds is 4. The summed E-state index contributed by atoms with van der Waals surface area (Å²) in [6.45, 7) is 9.93. The summed E-state index contributed by atoms with van der Waals surface area (Å²) in [6.07, 6.45) is 6.93. The number of piperidine rings is 1. The Kier molecular flexibility index (Phi) is 6.75. The van der Waals surface area contributed by atoms with Crippen LogP contribution in [0.25, 0.3) is 0 Å². The summed E-state index contributed by atoms with van der Waals surface area (Å²) in [5, 5.41) is 4.19. The first-order chi connectivity index (χ1) is 14.9. The summed E-state index contributed by atoms with van der Waals surface area (Å²) < 4.78 is 5.45. The van der Waals surface area contributed by atoms with Crippen molar-refractivity contribution in [3.05, 3.63) is 47.6 Å². The lowest BCUT2D eigenvalue weighted by molar-refractivity contribution is 0.0512. The van der Waals surface area contributed by atoms with Crippen LogP contribution in [0.1, 0.15) is 81.4 Å². The van der Waals surface area contributed by atoms with Gasteiger partial charge >= 0.3 is 0 Å². The molecule has 2 aromatic rings. The fourth-order valence-corrected chi connectivity index (χ4v) is 4.94. The third-order valence-corrected chi connectivity index (χ3v) is 6.73. The molecule has 31 heavy (non-hydrogen) atoms. The van der Waals surface area contributed by atoms with E-state index in [2.05, 4.69) is 40.7 Å². The Morgan fingerprint density at radius 2 is 1.77 bits per heavy atom. The van der Waals surface area contributed by atoms with Crippen molar-refractivity contribution in [3.63, 3.8) is 0 Å². The maximum atomic E-state index is 13.3. The third-order valence-electron chi connectivity index (χ3n) is 6.73. The van der Waals surface area contributed by atoms with Gasteiger partial charge in [0.2, 0.25) is 5.89 Å². The maximum absolute atomic E-state index is 13.3. The summed E-state index contributed by atoms with van der Waals surface area (Å²) in [7, 11) is 0. The molecule has 0 bridgehead atoms. The quantitative estimate of drug-likeness (QED) is 0.714. The number of aromatic nitrogens is 2. The number of hydrogen-bond acceptors (Lipinski definition) is 5. The van der Waals surface area contributed by atoms with E-state index in [1.807, 2.05) is 30.3 Å². The van der Waals surface area contributed by atoms with Gasteiger partial charge in [0.05, 0.1) is 6.54 Å². The monoisotopic (exact) mass is 424 g/mol. The van der Waals surface area contributed by atoms with E-state index < -0.39 is 0 Å². The van der Waals surface area contributed by atoms with E-state index in [0.717, 1.165) is 63.3 Å². The van der Waals surface area contributed by atoms with E-state index in [0.29, 0.717) is 17.9 Å². The van der Waals surface area contributed by atoms with Gasteiger partial charge in [-0.2, -0.15) is 4.98 Å². The zero-order chi connectivity index (χ0) is 21.8. The lowest BCUT2D eigenvalue weighted by Crippen LogP contribution is -2.47. The average Bonchev–Trinajstić information content (AvgIpc) is 3.11. The highest BCUT2D eigenvalue weighted by Gasteiger charge is 2.34. The zero-order valence-corrected chi connectivity index (χ0v) is 19.2. The van der Waals surface area contributed by atoms with Crippen molar-refractivity contribution in [2.45, 2.75) is 77.3 Å². The molecule has 0 aliphatic carbocycles. The van der Waals surface area contributed by atoms with E-state index in [1.165, 1.54) is 12.8 Å². The van der Waals surface area contributed by atoms with Crippen molar-refractivity contribution in [1.29, 1.82) is 0 Å². The van der Waals surface area contributed by atoms with Crippen LogP contribution in [0, 0.1) is 5.92 Å². The molecule has 1 aromatic heterocycles. The molecule has 3 heterocycles. The molecule has 1 amide bonds. The molecule has 0 radical (unpaired) electrons. The lowest BCUT2D eigenvalue weighted by Gasteiger charge is -2.40. The first kappa shape index (κ1) is 22.0. The molecular weight excluding hydrogens is 388 g/mol. The summed E-state index contributed by atoms with van der Waals surface area (Å²) in [5.41, 5.74) is 0.700. The second kappa shape index (κ2) is 9.51. The van der Waals surface area contributed by atoms with Gasteiger partial charge in [-0.05, 0) is 56.8 Å². The van der Waals surface area contributed by atoms with E-state index in [-0.39, 0.29) is 11.3 Å². The van der Waals surface area contributed by atoms with Crippen molar-refractivity contribution in [2.75, 3.05) is 19.6 Å². The van der Waals surface area contributed by atoms with Crippen LogP contribution in [-0.4, -0.2) is 51.5 Å². The van der Waals surface area contributed by atoms with E-state index in [1.54, 1.807) is 0 Å². The minimum absolute atomic E-state index is 0.119. The molecule has 0 spiro atoms. The number of benzene rings is 1. The number of likely N-dealkylation sites (tertiary alicyclic amines) is 2. The molecule has 1 aromatic carbocycles. The van der Waals surface area contributed by atoms with Crippen molar-refractivity contribution in [2.24, 2.45) is 5.92 Å². The molecule has 2 saturated heterocycles. The van der Waals surface area contributed by atoms with Gasteiger partial charge in [-0.1, -0.05) is 57.0 Å². The molecule has 2 aliphatic heterocycles. The normalized spacial score (nSPS) is 21.8. The van der Waals surface area contributed by atoms with Crippen LogP contribution in [-0.2, 0) is 12.0 Å². The van der Waals surface area contributed by atoms with Crippen LogP contribution >= 0.6 is 0 Å². The summed E-state index contributed by atoms with van der Waals surface area (Å²) in [6, 6.07) is 10.1. The maximum Gasteiger partial charge on any atom is 0.254 e. The topological polar surface area (TPSA) is 62.5 Å². The number of hydrogen-bond donors (Lipinski definition) is 0. The van der Waals surface area contributed by atoms with E-state index in [4.69, 9.17) is 4.52 Å². The predicted molar refractivity (Wildman–Crippen MR) is 121 cm³/mol. The first-order valence-corrected chi connectivity index (χ1v) is 11.8. The van der Waals surface area contributed by atoms with Crippen LogP contribution < -0.4 is 0 Å². The molecule has 2 aliphatic rings. The number of nitrogens with zero attached hydrogens (tertiary/aromatic N) is 4. The Morgan fingerprint density at radius 3 is 2.45 bits per heavy atom. The fourth-order valence-electron chi connectivity index (χ4n) is 4.94. The van der Waals surface area contributed by atoms with Gasteiger partial charge in [-0.15, -0.1) is 0 Å². The number of carbonyl (C=O) groups excluding carboxylic acids is 1. The fraction of sp³-hybridized carbons (Fsp3) is 0.640. The molecule has 0 saturated carbocycles. The Bertz CT molecular complexity index is 850. The van der Waals surface area contributed by atoms with Gasteiger partial charge in [0.1, 0.15) is 0 Å². The van der Waals surface area contributed by atoms with Gasteiger partial charge in [-0.3, -0.25) is 9.69 Å². The van der Waals surface area contributed by atoms with Crippen molar-refractivity contribution < 1.29 is 9.32 Å². The highest BCUT2D eigenvalue weighted by atomic mass is 16.5. The SMILES string of the molecule is CC(C)(C)c1nc(CN2CCC([C@H]3CCCCCN3C(=O)c3ccccc3)CC2)no1.